The summed E-state index contributed by atoms with van der Waals surface area (Å²) in [5, 5.41) is 3.40. The van der Waals surface area contributed by atoms with Gasteiger partial charge >= 0.3 is 0 Å². The molecule has 0 saturated heterocycles. The zero-order chi connectivity index (χ0) is 14.5. The summed E-state index contributed by atoms with van der Waals surface area (Å²) in [5.41, 5.74) is 3.99. The second-order valence-corrected chi connectivity index (χ2v) is 6.48. The smallest absolute Gasteiger partial charge is 0.0665 e. The number of nitrogens with one attached hydrogen (secondary N) is 1. The van der Waals surface area contributed by atoms with Gasteiger partial charge in [-0.05, 0) is 58.1 Å². The van der Waals surface area contributed by atoms with Gasteiger partial charge in [0.15, 0.2) is 0 Å². The zero-order valence-corrected chi connectivity index (χ0v) is 13.4. The Morgan fingerprint density at radius 2 is 1.70 bits per heavy atom. The monoisotopic (exact) mass is 275 g/mol. The molecule has 0 amide bonds. The van der Waals surface area contributed by atoms with E-state index in [0.717, 1.165) is 12.5 Å². The van der Waals surface area contributed by atoms with Gasteiger partial charge in [0.1, 0.15) is 0 Å². The van der Waals surface area contributed by atoms with Crippen LogP contribution in [0.15, 0.2) is 18.2 Å². The van der Waals surface area contributed by atoms with E-state index in [0.29, 0.717) is 12.1 Å². The minimum atomic E-state index is 0.299. The van der Waals surface area contributed by atoms with Gasteiger partial charge < -0.3 is 10.1 Å². The van der Waals surface area contributed by atoms with Gasteiger partial charge in [-0.15, -0.1) is 0 Å². The van der Waals surface area contributed by atoms with Gasteiger partial charge in [0.2, 0.25) is 0 Å². The lowest BCUT2D eigenvalue weighted by Gasteiger charge is -2.28. The molecule has 1 aromatic rings. The van der Waals surface area contributed by atoms with Crippen LogP contribution in [0.1, 0.15) is 55.3 Å². The van der Waals surface area contributed by atoms with E-state index in [-0.39, 0.29) is 0 Å². The molecule has 0 aliphatic heterocycles. The van der Waals surface area contributed by atoms with Crippen LogP contribution in [0.4, 0.5) is 0 Å². The van der Waals surface area contributed by atoms with Crippen molar-refractivity contribution < 1.29 is 4.74 Å². The van der Waals surface area contributed by atoms with Crippen molar-refractivity contribution in [3.8, 4) is 0 Å². The third-order valence-electron chi connectivity index (χ3n) is 4.46. The van der Waals surface area contributed by atoms with Crippen LogP contribution in [-0.4, -0.2) is 19.8 Å². The summed E-state index contributed by atoms with van der Waals surface area (Å²) in [6, 6.07) is 7.05. The number of likely N-dealkylation sites (N-methyl/N-ethyl adjacent to an activating group) is 1. The number of benzene rings is 1. The van der Waals surface area contributed by atoms with E-state index >= 15 is 0 Å². The van der Waals surface area contributed by atoms with E-state index in [1.807, 2.05) is 7.05 Å². The predicted octanol–water partition coefficient (Wildman–Crippen LogP) is 4.16. The Kier molecular flexibility index (Phi) is 5.62. The van der Waals surface area contributed by atoms with Crippen molar-refractivity contribution in [3.63, 3.8) is 0 Å². The van der Waals surface area contributed by atoms with E-state index in [4.69, 9.17) is 4.74 Å². The first-order valence-corrected chi connectivity index (χ1v) is 7.95. The van der Waals surface area contributed by atoms with Gasteiger partial charge in [-0.25, -0.2) is 0 Å². The Hall–Kier alpha value is -0.860. The first-order chi connectivity index (χ1) is 9.58. The van der Waals surface area contributed by atoms with Gasteiger partial charge in [-0.2, -0.15) is 0 Å². The lowest BCUT2D eigenvalue weighted by atomic mass is 9.89. The van der Waals surface area contributed by atoms with Gasteiger partial charge in [0.25, 0.3) is 0 Å². The summed E-state index contributed by atoms with van der Waals surface area (Å²) in [5.74, 6) is 0.884. The summed E-state index contributed by atoms with van der Waals surface area (Å²) < 4.78 is 6.16. The first kappa shape index (κ1) is 15.5. The van der Waals surface area contributed by atoms with Crippen molar-refractivity contribution >= 4 is 0 Å². The average molecular weight is 275 g/mol. The molecule has 1 aliphatic rings. The fraction of sp³-hybridized carbons (Fsp3) is 0.667. The van der Waals surface area contributed by atoms with E-state index in [9.17, 15) is 0 Å². The lowest BCUT2D eigenvalue weighted by Crippen LogP contribution is -2.27. The fourth-order valence-corrected chi connectivity index (χ4v) is 3.19. The van der Waals surface area contributed by atoms with Crippen LogP contribution in [0.25, 0.3) is 0 Å². The largest absolute Gasteiger partial charge is 0.376 e. The third kappa shape index (κ3) is 4.32. The molecule has 2 rings (SSSR count). The number of hydrogen-bond donors (Lipinski definition) is 1. The van der Waals surface area contributed by atoms with Crippen molar-refractivity contribution in [2.24, 2.45) is 5.92 Å². The van der Waals surface area contributed by atoms with Crippen LogP contribution in [0.5, 0.6) is 0 Å². The molecule has 1 unspecified atom stereocenters. The quantitative estimate of drug-likeness (QED) is 0.871. The molecule has 1 aliphatic carbocycles. The van der Waals surface area contributed by atoms with E-state index < -0.39 is 0 Å². The maximum atomic E-state index is 6.16. The summed E-state index contributed by atoms with van der Waals surface area (Å²) >= 11 is 0. The maximum Gasteiger partial charge on any atom is 0.0665 e. The minimum Gasteiger partial charge on any atom is -0.376 e. The van der Waals surface area contributed by atoms with Crippen LogP contribution in [0.3, 0.4) is 0 Å². The SMILES string of the molecule is CNC(COC1CCC(C)CC1)c1cc(C)cc(C)c1. The van der Waals surface area contributed by atoms with Crippen molar-refractivity contribution in [1.82, 2.24) is 5.32 Å². The predicted molar refractivity (Wildman–Crippen MR) is 85.1 cm³/mol. The fourth-order valence-electron chi connectivity index (χ4n) is 3.19. The number of ether oxygens (including phenoxy) is 1. The second-order valence-electron chi connectivity index (χ2n) is 6.48. The first-order valence-electron chi connectivity index (χ1n) is 7.95. The summed E-state index contributed by atoms with van der Waals surface area (Å²) in [7, 11) is 2.02. The molecule has 0 spiro atoms. The molecule has 1 fully saturated rings. The number of aryl methyl sites for hydroxylation is 2. The normalized spacial score (nSPS) is 24.6. The summed E-state index contributed by atoms with van der Waals surface area (Å²) in [4.78, 5) is 0. The van der Waals surface area contributed by atoms with Crippen molar-refractivity contribution in [3.05, 3.63) is 34.9 Å². The Morgan fingerprint density at radius 3 is 2.25 bits per heavy atom. The highest BCUT2D eigenvalue weighted by atomic mass is 16.5. The minimum absolute atomic E-state index is 0.299. The molecule has 0 aromatic heterocycles. The highest BCUT2D eigenvalue weighted by Crippen LogP contribution is 2.26. The highest BCUT2D eigenvalue weighted by molar-refractivity contribution is 5.30. The molecule has 112 valence electrons. The van der Waals surface area contributed by atoms with Gasteiger partial charge in [-0.1, -0.05) is 36.2 Å². The van der Waals surface area contributed by atoms with Crippen molar-refractivity contribution in [2.45, 2.75) is 58.6 Å². The molecule has 2 nitrogen and oxygen atoms in total. The molecule has 20 heavy (non-hydrogen) atoms. The topological polar surface area (TPSA) is 21.3 Å². The van der Waals surface area contributed by atoms with Crippen molar-refractivity contribution in [2.75, 3.05) is 13.7 Å². The standard InChI is InChI=1S/C18H29NO/c1-13-5-7-17(8-6-13)20-12-18(19-4)16-10-14(2)9-15(3)11-16/h9-11,13,17-19H,5-8,12H2,1-4H3. The molecule has 1 aromatic carbocycles. The Bertz CT molecular complexity index is 401. The average Bonchev–Trinajstić information content (AvgIpc) is 2.40. The maximum absolute atomic E-state index is 6.16. The molecule has 0 radical (unpaired) electrons. The zero-order valence-electron chi connectivity index (χ0n) is 13.4. The summed E-state index contributed by atoms with van der Waals surface area (Å²) in [6.07, 6.45) is 5.55. The van der Waals surface area contributed by atoms with Gasteiger partial charge in [0, 0.05) is 0 Å². The second kappa shape index (κ2) is 7.24. The third-order valence-corrected chi connectivity index (χ3v) is 4.46. The molecule has 1 saturated carbocycles. The number of rotatable bonds is 5. The molecule has 0 bridgehead atoms. The van der Waals surface area contributed by atoms with Gasteiger partial charge in [-0.3, -0.25) is 0 Å². The van der Waals surface area contributed by atoms with Crippen LogP contribution in [0, 0.1) is 19.8 Å². The molecule has 2 heteroatoms. The summed E-state index contributed by atoms with van der Waals surface area (Å²) in [6.45, 7) is 7.44. The van der Waals surface area contributed by atoms with Crippen molar-refractivity contribution in [1.29, 1.82) is 0 Å². The lowest BCUT2D eigenvalue weighted by molar-refractivity contribution is 0.00881. The Balaban J connectivity index is 1.91. The van der Waals surface area contributed by atoms with E-state index in [2.05, 4.69) is 44.3 Å². The molecule has 1 atom stereocenters. The van der Waals surface area contributed by atoms with E-state index in [1.54, 1.807) is 0 Å². The van der Waals surface area contributed by atoms with Crippen LogP contribution < -0.4 is 5.32 Å². The van der Waals surface area contributed by atoms with E-state index in [1.165, 1.54) is 42.4 Å². The van der Waals surface area contributed by atoms with Crippen LogP contribution >= 0.6 is 0 Å². The Morgan fingerprint density at radius 1 is 1.10 bits per heavy atom. The Labute approximate surface area is 123 Å². The van der Waals surface area contributed by atoms with Gasteiger partial charge in [0.05, 0.1) is 18.8 Å². The molecule has 0 heterocycles. The molecular weight excluding hydrogens is 246 g/mol. The number of hydrogen-bond acceptors (Lipinski definition) is 2. The highest BCUT2D eigenvalue weighted by Gasteiger charge is 2.20. The molecule has 1 N–H and O–H groups in total. The molecular formula is C18H29NO. The van der Waals surface area contributed by atoms with Crippen LogP contribution in [-0.2, 0) is 4.74 Å². The van der Waals surface area contributed by atoms with Crippen LogP contribution in [0.2, 0.25) is 0 Å².